The number of hydrogen-bond donors (Lipinski definition) is 2. The Morgan fingerprint density at radius 2 is 2.05 bits per heavy atom. The molecule has 0 aliphatic heterocycles. The van der Waals surface area contributed by atoms with Gasteiger partial charge in [0.05, 0.1) is 12.2 Å². The second-order valence-corrected chi connectivity index (χ2v) is 3.86. The van der Waals surface area contributed by atoms with E-state index in [-0.39, 0.29) is 17.0 Å². The Balaban J connectivity index is 2.23. The summed E-state index contributed by atoms with van der Waals surface area (Å²) in [5, 5.41) is 10.6. The van der Waals surface area contributed by atoms with Crippen LogP contribution in [0.5, 0.6) is 0 Å². The number of aromatic nitrogens is 2. The van der Waals surface area contributed by atoms with E-state index in [1.165, 1.54) is 28.8 Å². The number of carbonyl (C=O) groups excluding carboxylic acids is 1. The molecule has 0 aromatic carbocycles. The molecule has 0 atom stereocenters. The van der Waals surface area contributed by atoms with Crippen LogP contribution in [0.4, 0.5) is 13.2 Å². The van der Waals surface area contributed by atoms with Crippen LogP contribution in [0.2, 0.25) is 0 Å². The Labute approximate surface area is 109 Å². The van der Waals surface area contributed by atoms with Crippen LogP contribution in [0.1, 0.15) is 16.2 Å². The minimum atomic E-state index is -4.97. The third kappa shape index (κ3) is 2.71. The van der Waals surface area contributed by atoms with Gasteiger partial charge in [0.2, 0.25) is 0 Å². The van der Waals surface area contributed by atoms with E-state index in [4.69, 9.17) is 5.11 Å². The van der Waals surface area contributed by atoms with Crippen LogP contribution in [-0.2, 0) is 11.3 Å². The van der Waals surface area contributed by atoms with Crippen molar-refractivity contribution in [3.05, 3.63) is 35.8 Å². The van der Waals surface area contributed by atoms with Gasteiger partial charge in [-0.3, -0.25) is 9.20 Å². The highest BCUT2D eigenvalue weighted by Gasteiger charge is 2.38. The second-order valence-electron chi connectivity index (χ2n) is 3.86. The number of halogens is 3. The van der Waals surface area contributed by atoms with Crippen molar-refractivity contribution in [2.24, 2.45) is 0 Å². The summed E-state index contributed by atoms with van der Waals surface area (Å²) in [6, 6.07) is 4.29. The van der Waals surface area contributed by atoms with Crippen LogP contribution in [0.25, 0.3) is 5.65 Å². The number of pyridine rings is 1. The summed E-state index contributed by atoms with van der Waals surface area (Å²) in [4.78, 5) is 25.5. The van der Waals surface area contributed by atoms with Crippen molar-refractivity contribution in [3.8, 4) is 0 Å². The van der Waals surface area contributed by atoms with Crippen molar-refractivity contribution in [1.82, 2.24) is 14.7 Å². The fraction of sp³-hybridized carbons (Fsp3) is 0.182. The predicted octanol–water partition coefficient (Wildman–Crippen LogP) is 1.21. The molecule has 0 aliphatic rings. The first-order valence-corrected chi connectivity index (χ1v) is 5.34. The van der Waals surface area contributed by atoms with Crippen molar-refractivity contribution in [1.29, 1.82) is 0 Å². The van der Waals surface area contributed by atoms with Crippen molar-refractivity contribution in [3.63, 3.8) is 0 Å². The van der Waals surface area contributed by atoms with Crippen LogP contribution < -0.4 is 5.32 Å². The summed E-state index contributed by atoms with van der Waals surface area (Å²) in [7, 11) is 0. The lowest BCUT2D eigenvalue weighted by Crippen LogP contribution is -2.36. The van der Waals surface area contributed by atoms with Gasteiger partial charge in [0, 0.05) is 6.20 Å². The summed E-state index contributed by atoms with van der Waals surface area (Å²) in [6.07, 6.45) is -3.71. The third-order valence-corrected chi connectivity index (χ3v) is 2.45. The van der Waals surface area contributed by atoms with Crippen LogP contribution in [0.15, 0.2) is 24.4 Å². The summed E-state index contributed by atoms with van der Waals surface area (Å²) in [6.45, 7) is -0.445. The molecule has 9 heteroatoms. The maximum absolute atomic E-state index is 12.0. The standard InChI is InChI=1S/C11H8F3N3O3/c12-11(13,14)10(20)15-4-6-5-17-7(9(18)19)2-1-3-8(17)16-6/h1-3,5H,4H2,(H,15,20)(H,18,19). The summed E-state index contributed by atoms with van der Waals surface area (Å²) >= 11 is 0. The topological polar surface area (TPSA) is 83.7 Å². The molecule has 2 aromatic rings. The minimum absolute atomic E-state index is 0.0802. The lowest BCUT2D eigenvalue weighted by Gasteiger charge is -2.05. The number of carboxylic acids is 1. The average molecular weight is 287 g/mol. The van der Waals surface area contributed by atoms with Gasteiger partial charge in [0.1, 0.15) is 11.3 Å². The molecule has 0 saturated heterocycles. The molecule has 1 amide bonds. The maximum atomic E-state index is 12.0. The SMILES string of the molecule is O=C(O)c1cccc2nc(CNC(=O)C(F)(F)F)cn12. The van der Waals surface area contributed by atoms with Gasteiger partial charge in [0.15, 0.2) is 0 Å². The zero-order valence-electron chi connectivity index (χ0n) is 9.81. The smallest absolute Gasteiger partial charge is 0.471 e. The molecule has 2 N–H and O–H groups in total. The zero-order chi connectivity index (χ0) is 14.9. The zero-order valence-corrected chi connectivity index (χ0v) is 9.81. The summed E-state index contributed by atoms with van der Waals surface area (Å²) < 4.78 is 37.3. The molecule has 0 bridgehead atoms. The number of hydrogen-bond acceptors (Lipinski definition) is 3. The maximum Gasteiger partial charge on any atom is 0.471 e. The van der Waals surface area contributed by atoms with Crippen LogP contribution >= 0.6 is 0 Å². The van der Waals surface area contributed by atoms with Crippen molar-refractivity contribution < 1.29 is 27.9 Å². The van der Waals surface area contributed by atoms with Gasteiger partial charge in [0.25, 0.3) is 0 Å². The van der Waals surface area contributed by atoms with E-state index in [0.29, 0.717) is 0 Å². The van der Waals surface area contributed by atoms with Gasteiger partial charge < -0.3 is 10.4 Å². The lowest BCUT2D eigenvalue weighted by molar-refractivity contribution is -0.173. The summed E-state index contributed by atoms with van der Waals surface area (Å²) in [5.41, 5.74) is 0.306. The van der Waals surface area contributed by atoms with E-state index < -0.39 is 24.6 Å². The molecule has 106 valence electrons. The minimum Gasteiger partial charge on any atom is -0.477 e. The summed E-state index contributed by atoms with van der Waals surface area (Å²) in [5.74, 6) is -3.27. The number of nitrogens with one attached hydrogen (secondary N) is 1. The number of rotatable bonds is 3. The highest BCUT2D eigenvalue weighted by molar-refractivity contribution is 5.86. The molecule has 0 saturated carbocycles. The van der Waals surface area contributed by atoms with Crippen LogP contribution in [0, 0.1) is 0 Å². The van der Waals surface area contributed by atoms with Crippen LogP contribution in [-0.4, -0.2) is 32.5 Å². The fourth-order valence-corrected chi connectivity index (χ4v) is 1.59. The molecule has 0 unspecified atom stereocenters. The molecule has 2 rings (SSSR count). The number of aromatic carboxylic acids is 1. The van der Waals surface area contributed by atoms with Crippen molar-refractivity contribution in [2.45, 2.75) is 12.7 Å². The van der Waals surface area contributed by atoms with E-state index in [1.807, 2.05) is 0 Å². The molecule has 0 radical (unpaired) electrons. The first-order valence-electron chi connectivity index (χ1n) is 5.34. The van der Waals surface area contributed by atoms with E-state index in [0.717, 1.165) is 0 Å². The predicted molar refractivity (Wildman–Crippen MR) is 60.1 cm³/mol. The highest BCUT2D eigenvalue weighted by atomic mass is 19.4. The number of carboxylic acid groups (broad SMARTS) is 1. The van der Waals surface area contributed by atoms with Gasteiger partial charge in [-0.1, -0.05) is 6.07 Å². The van der Waals surface area contributed by atoms with Gasteiger partial charge in [-0.15, -0.1) is 0 Å². The van der Waals surface area contributed by atoms with Gasteiger partial charge >= 0.3 is 18.1 Å². The van der Waals surface area contributed by atoms with E-state index >= 15 is 0 Å². The monoisotopic (exact) mass is 287 g/mol. The Morgan fingerprint density at radius 1 is 1.35 bits per heavy atom. The number of alkyl halides is 3. The number of amides is 1. The number of nitrogens with zero attached hydrogens (tertiary/aromatic N) is 2. The normalized spacial score (nSPS) is 11.6. The Morgan fingerprint density at radius 3 is 2.65 bits per heavy atom. The third-order valence-electron chi connectivity index (χ3n) is 2.45. The van der Waals surface area contributed by atoms with Gasteiger partial charge in [-0.05, 0) is 12.1 Å². The Kier molecular flexibility index (Phi) is 3.35. The number of imidazole rings is 1. The van der Waals surface area contributed by atoms with Gasteiger partial charge in [-0.2, -0.15) is 13.2 Å². The molecule has 0 spiro atoms. The first-order chi connectivity index (χ1) is 9.29. The Bertz CT molecular complexity index is 678. The highest BCUT2D eigenvalue weighted by Crippen LogP contribution is 2.15. The largest absolute Gasteiger partial charge is 0.477 e. The second kappa shape index (κ2) is 4.83. The lowest BCUT2D eigenvalue weighted by atomic mass is 10.3. The molecule has 2 aromatic heterocycles. The van der Waals surface area contributed by atoms with E-state index in [2.05, 4.69) is 4.98 Å². The Hall–Kier alpha value is -2.58. The van der Waals surface area contributed by atoms with Crippen LogP contribution in [0.3, 0.4) is 0 Å². The molecule has 0 fully saturated rings. The molecular weight excluding hydrogens is 279 g/mol. The van der Waals surface area contributed by atoms with Crippen molar-refractivity contribution in [2.75, 3.05) is 0 Å². The average Bonchev–Trinajstić information content (AvgIpc) is 2.76. The van der Waals surface area contributed by atoms with E-state index in [9.17, 15) is 22.8 Å². The quantitative estimate of drug-likeness (QED) is 0.888. The molecule has 2 heterocycles. The molecule has 0 aliphatic carbocycles. The number of fused-ring (bicyclic) bond motifs is 1. The van der Waals surface area contributed by atoms with E-state index in [1.54, 1.807) is 5.32 Å². The molecule has 6 nitrogen and oxygen atoms in total. The number of carbonyl (C=O) groups is 2. The van der Waals surface area contributed by atoms with Crippen molar-refractivity contribution >= 4 is 17.5 Å². The molecule has 20 heavy (non-hydrogen) atoms. The van der Waals surface area contributed by atoms with Gasteiger partial charge in [-0.25, -0.2) is 9.78 Å². The molecular formula is C11H8F3N3O3. The fourth-order valence-electron chi connectivity index (χ4n) is 1.59. The first kappa shape index (κ1) is 13.8.